The molecule has 1 heterocycles. The molecule has 0 saturated heterocycles. The average Bonchev–Trinajstić information content (AvgIpc) is 2.60. The predicted octanol–water partition coefficient (Wildman–Crippen LogP) is 2.66. The monoisotopic (exact) mass is 345 g/mol. The van der Waals surface area contributed by atoms with E-state index >= 15 is 0 Å². The first-order chi connectivity index (χ1) is 11.6. The van der Waals surface area contributed by atoms with Gasteiger partial charge in [0.25, 0.3) is 0 Å². The molecule has 2 N–H and O–H groups in total. The molecule has 0 bridgehead atoms. The molecule has 0 aliphatic carbocycles. The van der Waals surface area contributed by atoms with Gasteiger partial charge in [0, 0.05) is 36.9 Å². The van der Waals surface area contributed by atoms with Gasteiger partial charge in [0.1, 0.15) is 0 Å². The maximum atomic E-state index is 12.1. The van der Waals surface area contributed by atoms with Gasteiger partial charge in [0.15, 0.2) is 0 Å². The number of pyridine rings is 1. The zero-order chi connectivity index (χ0) is 17.4. The Kier molecular flexibility index (Phi) is 6.75. The van der Waals surface area contributed by atoms with Gasteiger partial charge in [-0.2, -0.15) is 0 Å². The van der Waals surface area contributed by atoms with E-state index in [4.69, 9.17) is 11.6 Å². The summed E-state index contributed by atoms with van der Waals surface area (Å²) >= 11 is 5.94. The van der Waals surface area contributed by atoms with E-state index in [1.165, 1.54) is 0 Å². The molecule has 6 heteroatoms. The van der Waals surface area contributed by atoms with Gasteiger partial charge in [-0.1, -0.05) is 29.8 Å². The Labute approximate surface area is 146 Å². The molecule has 0 aliphatic rings. The van der Waals surface area contributed by atoms with Crippen LogP contribution >= 0.6 is 11.6 Å². The number of benzene rings is 1. The Morgan fingerprint density at radius 3 is 2.75 bits per heavy atom. The van der Waals surface area contributed by atoms with E-state index < -0.39 is 0 Å². The van der Waals surface area contributed by atoms with E-state index in [-0.39, 0.29) is 24.2 Å². The largest absolute Gasteiger partial charge is 0.355 e. The van der Waals surface area contributed by atoms with Crippen molar-refractivity contribution in [3.8, 4) is 0 Å². The minimum Gasteiger partial charge on any atom is -0.355 e. The number of nitrogens with zero attached hydrogens (tertiary/aromatic N) is 1. The highest BCUT2D eigenvalue weighted by Gasteiger charge is 2.15. The summed E-state index contributed by atoms with van der Waals surface area (Å²) < 4.78 is 0. The van der Waals surface area contributed by atoms with Crippen LogP contribution in [0.2, 0.25) is 5.02 Å². The lowest BCUT2D eigenvalue weighted by Crippen LogP contribution is -2.32. The molecule has 0 radical (unpaired) electrons. The fraction of sp³-hybridized carbons (Fsp3) is 0.278. The van der Waals surface area contributed by atoms with Gasteiger partial charge in [0.05, 0.1) is 5.92 Å². The van der Waals surface area contributed by atoms with Crippen molar-refractivity contribution in [3.05, 3.63) is 64.9 Å². The lowest BCUT2D eigenvalue weighted by atomic mass is 10.0. The molecule has 126 valence electrons. The first-order valence-corrected chi connectivity index (χ1v) is 8.13. The van der Waals surface area contributed by atoms with Crippen LogP contribution in [0.25, 0.3) is 0 Å². The van der Waals surface area contributed by atoms with Crippen LogP contribution in [-0.4, -0.2) is 23.3 Å². The second-order valence-corrected chi connectivity index (χ2v) is 5.89. The van der Waals surface area contributed by atoms with Gasteiger partial charge >= 0.3 is 0 Å². The minimum atomic E-state index is -0.317. The van der Waals surface area contributed by atoms with Crippen molar-refractivity contribution in [3.63, 3.8) is 0 Å². The maximum Gasteiger partial charge on any atom is 0.227 e. The number of hydrogen-bond donors (Lipinski definition) is 2. The topological polar surface area (TPSA) is 71.1 Å². The summed E-state index contributed by atoms with van der Waals surface area (Å²) in [5, 5.41) is 6.17. The molecule has 5 nitrogen and oxygen atoms in total. The summed E-state index contributed by atoms with van der Waals surface area (Å²) in [6.45, 7) is 2.53. The number of nitrogens with one attached hydrogen (secondary N) is 2. The van der Waals surface area contributed by atoms with Crippen LogP contribution in [0.15, 0.2) is 48.8 Å². The molecule has 1 aromatic carbocycles. The van der Waals surface area contributed by atoms with Crippen LogP contribution in [0.1, 0.15) is 30.4 Å². The van der Waals surface area contributed by atoms with E-state index in [2.05, 4.69) is 15.6 Å². The predicted molar refractivity (Wildman–Crippen MR) is 93.6 cm³/mol. The lowest BCUT2D eigenvalue weighted by molar-refractivity contribution is -0.123. The molecule has 24 heavy (non-hydrogen) atoms. The van der Waals surface area contributed by atoms with E-state index in [1.807, 2.05) is 31.2 Å². The number of hydrogen-bond acceptors (Lipinski definition) is 3. The van der Waals surface area contributed by atoms with Crippen LogP contribution < -0.4 is 10.6 Å². The van der Waals surface area contributed by atoms with Crippen molar-refractivity contribution in [2.45, 2.75) is 25.8 Å². The highest BCUT2D eigenvalue weighted by molar-refractivity contribution is 6.30. The molecule has 2 amide bonds. The molecule has 0 fully saturated rings. The fourth-order valence-corrected chi connectivity index (χ4v) is 2.37. The zero-order valence-electron chi connectivity index (χ0n) is 13.5. The number of carbonyl (C=O) groups excluding carboxylic acids is 2. The summed E-state index contributed by atoms with van der Waals surface area (Å²) in [5.41, 5.74) is 1.78. The molecule has 0 saturated carbocycles. The molecule has 1 atom stereocenters. The van der Waals surface area contributed by atoms with Crippen molar-refractivity contribution in [2.24, 2.45) is 0 Å². The molecule has 0 aliphatic heterocycles. The second-order valence-electron chi connectivity index (χ2n) is 5.46. The average molecular weight is 346 g/mol. The van der Waals surface area contributed by atoms with Gasteiger partial charge in [-0.05, 0) is 36.2 Å². The van der Waals surface area contributed by atoms with Crippen molar-refractivity contribution in [2.75, 3.05) is 6.54 Å². The van der Waals surface area contributed by atoms with Crippen molar-refractivity contribution >= 4 is 23.4 Å². The van der Waals surface area contributed by atoms with E-state index in [0.29, 0.717) is 18.1 Å². The number of amides is 2. The molecule has 1 aromatic heterocycles. The molecule has 2 aromatic rings. The summed E-state index contributed by atoms with van der Waals surface area (Å²) in [6.07, 6.45) is 3.62. The zero-order valence-corrected chi connectivity index (χ0v) is 14.2. The highest BCUT2D eigenvalue weighted by atomic mass is 35.5. The van der Waals surface area contributed by atoms with Gasteiger partial charge in [-0.3, -0.25) is 14.6 Å². The molecule has 1 unspecified atom stereocenters. The van der Waals surface area contributed by atoms with Gasteiger partial charge in [-0.25, -0.2) is 0 Å². The van der Waals surface area contributed by atoms with Gasteiger partial charge in [0.2, 0.25) is 11.8 Å². The fourth-order valence-electron chi connectivity index (χ4n) is 2.17. The minimum absolute atomic E-state index is 0.116. The number of aromatic nitrogens is 1. The van der Waals surface area contributed by atoms with E-state index in [0.717, 1.165) is 11.1 Å². The third-order valence-corrected chi connectivity index (χ3v) is 3.84. The Hall–Kier alpha value is -2.40. The van der Waals surface area contributed by atoms with E-state index in [1.54, 1.807) is 24.5 Å². The van der Waals surface area contributed by atoms with Crippen LogP contribution in [0.3, 0.4) is 0 Å². The standard InChI is InChI=1S/C18H20ClN3O2/c1-13(15-5-2-6-16(19)10-15)18(24)21-9-7-17(23)22-12-14-4-3-8-20-11-14/h2-6,8,10-11,13H,7,9,12H2,1H3,(H,21,24)(H,22,23). The third kappa shape index (κ3) is 5.66. The SMILES string of the molecule is CC(C(=O)NCCC(=O)NCc1cccnc1)c1cccc(Cl)c1. The molecular formula is C18H20ClN3O2. The number of carbonyl (C=O) groups is 2. The first-order valence-electron chi connectivity index (χ1n) is 7.75. The normalized spacial score (nSPS) is 11.6. The van der Waals surface area contributed by atoms with Crippen LogP contribution in [0, 0.1) is 0 Å². The summed E-state index contributed by atoms with van der Waals surface area (Å²) in [6, 6.07) is 10.9. The van der Waals surface area contributed by atoms with E-state index in [9.17, 15) is 9.59 Å². The lowest BCUT2D eigenvalue weighted by Gasteiger charge is -2.13. The van der Waals surface area contributed by atoms with Crippen LogP contribution in [-0.2, 0) is 16.1 Å². The smallest absolute Gasteiger partial charge is 0.227 e. The second kappa shape index (κ2) is 9.03. The quantitative estimate of drug-likeness (QED) is 0.810. The summed E-state index contributed by atoms with van der Waals surface area (Å²) in [7, 11) is 0. The summed E-state index contributed by atoms with van der Waals surface area (Å²) in [5.74, 6) is -0.561. The summed E-state index contributed by atoms with van der Waals surface area (Å²) in [4.78, 5) is 27.9. The van der Waals surface area contributed by atoms with Crippen molar-refractivity contribution in [1.82, 2.24) is 15.6 Å². The van der Waals surface area contributed by atoms with Gasteiger partial charge < -0.3 is 10.6 Å². The number of halogens is 1. The Morgan fingerprint density at radius 2 is 2.04 bits per heavy atom. The Bertz CT molecular complexity index is 692. The highest BCUT2D eigenvalue weighted by Crippen LogP contribution is 2.19. The molecule has 0 spiro atoms. The Morgan fingerprint density at radius 1 is 1.21 bits per heavy atom. The maximum absolute atomic E-state index is 12.1. The van der Waals surface area contributed by atoms with Crippen LogP contribution in [0.4, 0.5) is 0 Å². The van der Waals surface area contributed by atoms with Crippen molar-refractivity contribution < 1.29 is 9.59 Å². The molecular weight excluding hydrogens is 326 g/mol. The van der Waals surface area contributed by atoms with Crippen molar-refractivity contribution in [1.29, 1.82) is 0 Å². The number of rotatable bonds is 7. The Balaban J connectivity index is 1.71. The van der Waals surface area contributed by atoms with Gasteiger partial charge in [-0.15, -0.1) is 0 Å². The molecule has 2 rings (SSSR count). The van der Waals surface area contributed by atoms with Crippen LogP contribution in [0.5, 0.6) is 0 Å². The first kappa shape index (κ1) is 17.9. The third-order valence-electron chi connectivity index (χ3n) is 3.61.